The minimum Gasteiger partial charge on any atom is -0.329 e. The number of nitrogens with zero attached hydrogens (tertiary/aromatic N) is 6. The zero-order valence-corrected chi connectivity index (χ0v) is 14.4. The summed E-state index contributed by atoms with van der Waals surface area (Å²) in [5.41, 5.74) is 1.60. The molecule has 0 bridgehead atoms. The third-order valence-corrected chi connectivity index (χ3v) is 3.85. The van der Waals surface area contributed by atoms with Gasteiger partial charge in [-0.15, -0.1) is 0 Å². The molecule has 0 unspecified atom stereocenters. The number of benzene rings is 1. The minimum absolute atomic E-state index is 0.234. The van der Waals surface area contributed by atoms with Crippen molar-refractivity contribution in [2.75, 3.05) is 6.54 Å². The molecule has 0 radical (unpaired) electrons. The van der Waals surface area contributed by atoms with Crippen LogP contribution in [0.5, 0.6) is 0 Å². The molecule has 0 atom stereocenters. The Morgan fingerprint density at radius 2 is 1.96 bits per heavy atom. The van der Waals surface area contributed by atoms with Gasteiger partial charge in [-0.05, 0) is 12.1 Å². The summed E-state index contributed by atoms with van der Waals surface area (Å²) < 4.78 is 1.47. The second-order valence-electron chi connectivity index (χ2n) is 5.70. The molecule has 0 fully saturated rings. The van der Waals surface area contributed by atoms with Crippen LogP contribution in [0.2, 0.25) is 0 Å². The van der Waals surface area contributed by atoms with Crippen molar-refractivity contribution in [1.29, 1.82) is 5.26 Å². The Morgan fingerprint density at radius 1 is 1.19 bits per heavy atom. The van der Waals surface area contributed by atoms with Crippen LogP contribution in [0.15, 0.2) is 54.7 Å². The van der Waals surface area contributed by atoms with Crippen molar-refractivity contribution in [3.63, 3.8) is 0 Å². The Labute approximate surface area is 151 Å². The largest absolute Gasteiger partial charge is 0.329 e. The number of hydrogen-bond acceptors (Lipinski definition) is 5. The van der Waals surface area contributed by atoms with Gasteiger partial charge >= 0.3 is 0 Å². The van der Waals surface area contributed by atoms with Crippen LogP contribution < -0.4 is 0 Å². The van der Waals surface area contributed by atoms with Gasteiger partial charge in [0.05, 0.1) is 24.7 Å². The molecule has 0 aliphatic rings. The number of hydrogen-bond donors (Lipinski definition) is 0. The van der Waals surface area contributed by atoms with Crippen molar-refractivity contribution in [3.05, 3.63) is 66.2 Å². The standard InChI is InChI=1S/C19H18N6O/c1-24-18(22-17(23-24)15-8-3-2-4-9-15)19(26)25(13-7-11-20)14-16-10-5-6-12-21-16/h2-6,8-10,12H,7,13-14H2,1H3. The van der Waals surface area contributed by atoms with E-state index < -0.39 is 0 Å². The monoisotopic (exact) mass is 346 g/mol. The van der Waals surface area contributed by atoms with Gasteiger partial charge in [-0.1, -0.05) is 36.4 Å². The summed E-state index contributed by atoms with van der Waals surface area (Å²) in [4.78, 5) is 23.2. The van der Waals surface area contributed by atoms with E-state index in [-0.39, 0.29) is 18.2 Å². The smallest absolute Gasteiger partial charge is 0.291 e. The van der Waals surface area contributed by atoms with Crippen LogP contribution in [0.1, 0.15) is 22.7 Å². The lowest BCUT2D eigenvalue weighted by Crippen LogP contribution is -2.33. The highest BCUT2D eigenvalue weighted by atomic mass is 16.2. The summed E-state index contributed by atoms with van der Waals surface area (Å²) in [5, 5.41) is 13.3. The number of carbonyl (C=O) groups excluding carboxylic acids is 1. The van der Waals surface area contributed by atoms with Crippen molar-refractivity contribution in [2.45, 2.75) is 13.0 Å². The number of rotatable bonds is 6. The first-order valence-electron chi connectivity index (χ1n) is 8.21. The Hall–Kier alpha value is -3.53. The molecule has 1 amide bonds. The van der Waals surface area contributed by atoms with Crippen molar-refractivity contribution >= 4 is 5.91 Å². The SMILES string of the molecule is Cn1nc(-c2ccccc2)nc1C(=O)N(CCC#N)Cc1ccccn1. The summed E-state index contributed by atoms with van der Waals surface area (Å²) in [7, 11) is 1.69. The molecule has 0 saturated heterocycles. The second kappa shape index (κ2) is 8.03. The van der Waals surface area contributed by atoms with Gasteiger partial charge in [-0.2, -0.15) is 10.4 Å². The van der Waals surface area contributed by atoms with Crippen molar-refractivity contribution < 1.29 is 4.79 Å². The average molecular weight is 346 g/mol. The van der Waals surface area contributed by atoms with E-state index in [2.05, 4.69) is 21.1 Å². The molecule has 0 spiro atoms. The van der Waals surface area contributed by atoms with Crippen LogP contribution in [-0.2, 0) is 13.6 Å². The summed E-state index contributed by atoms with van der Waals surface area (Å²) in [6.07, 6.45) is 1.92. The molecule has 0 N–H and O–H groups in total. The van der Waals surface area contributed by atoms with E-state index in [0.29, 0.717) is 18.9 Å². The first-order valence-corrected chi connectivity index (χ1v) is 8.21. The van der Waals surface area contributed by atoms with Gasteiger partial charge < -0.3 is 4.90 Å². The van der Waals surface area contributed by atoms with E-state index in [1.807, 2.05) is 48.5 Å². The van der Waals surface area contributed by atoms with Gasteiger partial charge in [0.15, 0.2) is 5.82 Å². The number of aromatic nitrogens is 4. The first-order chi connectivity index (χ1) is 12.7. The maximum absolute atomic E-state index is 13.0. The molecule has 130 valence electrons. The van der Waals surface area contributed by atoms with Crippen molar-refractivity contribution in [1.82, 2.24) is 24.6 Å². The highest BCUT2D eigenvalue weighted by Crippen LogP contribution is 2.16. The Morgan fingerprint density at radius 3 is 2.65 bits per heavy atom. The molecule has 2 aromatic heterocycles. The minimum atomic E-state index is -0.275. The van der Waals surface area contributed by atoms with E-state index in [1.54, 1.807) is 18.1 Å². The third-order valence-electron chi connectivity index (χ3n) is 3.85. The molecule has 0 aliphatic carbocycles. The quantitative estimate of drug-likeness (QED) is 0.684. The molecular formula is C19H18N6O. The highest BCUT2D eigenvalue weighted by molar-refractivity contribution is 5.91. The fourth-order valence-corrected chi connectivity index (χ4v) is 2.55. The van der Waals surface area contributed by atoms with Gasteiger partial charge in [0.25, 0.3) is 5.91 Å². The highest BCUT2D eigenvalue weighted by Gasteiger charge is 2.22. The predicted molar refractivity (Wildman–Crippen MR) is 95.6 cm³/mol. The van der Waals surface area contributed by atoms with Crippen molar-refractivity contribution in [2.24, 2.45) is 7.05 Å². The lowest BCUT2D eigenvalue weighted by atomic mass is 10.2. The maximum atomic E-state index is 13.0. The summed E-state index contributed by atoms with van der Waals surface area (Å²) in [6.45, 7) is 0.619. The molecular weight excluding hydrogens is 328 g/mol. The van der Waals surface area contributed by atoms with E-state index in [1.165, 1.54) is 4.68 Å². The lowest BCUT2D eigenvalue weighted by molar-refractivity contribution is 0.0727. The predicted octanol–water partition coefficient (Wildman–Crippen LogP) is 2.43. The van der Waals surface area contributed by atoms with E-state index in [9.17, 15) is 4.79 Å². The molecule has 1 aromatic carbocycles. The summed E-state index contributed by atoms with van der Waals surface area (Å²) in [6, 6.07) is 17.1. The zero-order valence-electron chi connectivity index (χ0n) is 14.4. The van der Waals surface area contributed by atoms with E-state index in [4.69, 9.17) is 5.26 Å². The Kier molecular flexibility index (Phi) is 5.34. The van der Waals surface area contributed by atoms with Crippen LogP contribution in [-0.4, -0.2) is 37.1 Å². The number of carbonyl (C=O) groups is 1. The Balaban J connectivity index is 1.87. The maximum Gasteiger partial charge on any atom is 0.291 e. The molecule has 0 aliphatic heterocycles. The molecule has 0 saturated carbocycles. The topological polar surface area (TPSA) is 87.7 Å². The molecule has 7 heteroatoms. The van der Waals surface area contributed by atoms with Gasteiger partial charge in [-0.3, -0.25) is 9.78 Å². The second-order valence-corrected chi connectivity index (χ2v) is 5.70. The van der Waals surface area contributed by atoms with Gasteiger partial charge in [0, 0.05) is 25.4 Å². The molecule has 26 heavy (non-hydrogen) atoms. The molecule has 7 nitrogen and oxygen atoms in total. The average Bonchev–Trinajstić information content (AvgIpc) is 3.08. The first kappa shape index (κ1) is 17.3. The van der Waals surface area contributed by atoms with E-state index >= 15 is 0 Å². The number of amides is 1. The van der Waals surface area contributed by atoms with Crippen LogP contribution >= 0.6 is 0 Å². The van der Waals surface area contributed by atoms with Crippen molar-refractivity contribution in [3.8, 4) is 17.5 Å². The lowest BCUT2D eigenvalue weighted by Gasteiger charge is -2.20. The molecule has 3 rings (SSSR count). The summed E-state index contributed by atoms with van der Waals surface area (Å²) >= 11 is 0. The van der Waals surface area contributed by atoms with Crippen LogP contribution in [0, 0.1) is 11.3 Å². The van der Waals surface area contributed by atoms with Gasteiger partial charge in [0.1, 0.15) is 0 Å². The Bertz CT molecular complexity index is 914. The number of pyridine rings is 1. The molecule has 3 aromatic rings. The third kappa shape index (κ3) is 3.92. The van der Waals surface area contributed by atoms with E-state index in [0.717, 1.165) is 11.3 Å². The van der Waals surface area contributed by atoms with Crippen LogP contribution in [0.4, 0.5) is 0 Å². The van der Waals surface area contributed by atoms with Crippen LogP contribution in [0.25, 0.3) is 11.4 Å². The summed E-state index contributed by atoms with van der Waals surface area (Å²) in [5.74, 6) is 0.454. The molecule has 2 heterocycles. The van der Waals surface area contributed by atoms with Crippen LogP contribution in [0.3, 0.4) is 0 Å². The number of nitriles is 1. The fraction of sp³-hybridized carbons (Fsp3) is 0.211. The zero-order chi connectivity index (χ0) is 18.4. The van der Waals surface area contributed by atoms with Gasteiger partial charge in [-0.25, -0.2) is 9.67 Å². The number of aryl methyl sites for hydroxylation is 1. The normalized spacial score (nSPS) is 10.3. The van der Waals surface area contributed by atoms with Gasteiger partial charge in [0.2, 0.25) is 5.82 Å². The fourth-order valence-electron chi connectivity index (χ4n) is 2.55.